The van der Waals surface area contributed by atoms with Crippen LogP contribution in [0.2, 0.25) is 0 Å². The van der Waals surface area contributed by atoms with Crippen molar-refractivity contribution in [1.82, 2.24) is 4.90 Å². The standard InChI is InChI=1S/C11H20NO2/c1-11(2,3)14-10(13)12-8-6-4-5-7-9-12/h6H,4-5,7-9H2,1-3H3. The molecule has 1 radical (unpaired) electrons. The molecular weight excluding hydrogens is 178 g/mol. The summed E-state index contributed by atoms with van der Waals surface area (Å²) in [6.07, 6.45) is 5.33. The van der Waals surface area contributed by atoms with Gasteiger partial charge in [-0.05, 0) is 40.0 Å². The van der Waals surface area contributed by atoms with Crippen LogP contribution in [0.5, 0.6) is 0 Å². The molecule has 0 atom stereocenters. The average Bonchev–Trinajstić information content (AvgIpc) is 2.27. The Morgan fingerprint density at radius 3 is 2.71 bits per heavy atom. The van der Waals surface area contributed by atoms with E-state index in [0.29, 0.717) is 0 Å². The van der Waals surface area contributed by atoms with E-state index >= 15 is 0 Å². The summed E-state index contributed by atoms with van der Waals surface area (Å²) in [7, 11) is 0. The maximum absolute atomic E-state index is 11.7. The highest BCUT2D eigenvalue weighted by Gasteiger charge is 2.22. The van der Waals surface area contributed by atoms with Gasteiger partial charge in [0.15, 0.2) is 0 Å². The Kier molecular flexibility index (Phi) is 3.78. The summed E-state index contributed by atoms with van der Waals surface area (Å²) in [6, 6.07) is 0. The SMILES string of the molecule is CC(C)(C)OC(=O)N1C[CH]CCCC1. The molecule has 81 valence electrons. The van der Waals surface area contributed by atoms with E-state index in [-0.39, 0.29) is 11.7 Å². The number of rotatable bonds is 0. The fraction of sp³-hybridized carbons (Fsp3) is 0.818. The van der Waals surface area contributed by atoms with Gasteiger partial charge in [-0.25, -0.2) is 4.79 Å². The molecule has 0 aromatic carbocycles. The lowest BCUT2D eigenvalue weighted by Crippen LogP contribution is -2.37. The topological polar surface area (TPSA) is 29.5 Å². The summed E-state index contributed by atoms with van der Waals surface area (Å²) < 4.78 is 5.30. The number of hydrogen-bond donors (Lipinski definition) is 0. The molecule has 0 aliphatic carbocycles. The minimum absolute atomic E-state index is 0.185. The van der Waals surface area contributed by atoms with Gasteiger partial charge < -0.3 is 9.64 Å². The first kappa shape index (κ1) is 11.3. The van der Waals surface area contributed by atoms with Gasteiger partial charge in [-0.3, -0.25) is 0 Å². The second kappa shape index (κ2) is 4.67. The zero-order chi connectivity index (χ0) is 10.6. The number of likely N-dealkylation sites (tertiary alicyclic amines) is 1. The minimum Gasteiger partial charge on any atom is -0.444 e. The molecule has 1 aliphatic rings. The maximum Gasteiger partial charge on any atom is 0.410 e. The molecular formula is C11H20NO2. The van der Waals surface area contributed by atoms with Gasteiger partial charge in [-0.2, -0.15) is 0 Å². The molecule has 3 nitrogen and oxygen atoms in total. The van der Waals surface area contributed by atoms with Crippen LogP contribution < -0.4 is 0 Å². The summed E-state index contributed by atoms with van der Waals surface area (Å²) in [5.41, 5.74) is -0.386. The van der Waals surface area contributed by atoms with Crippen molar-refractivity contribution in [3.8, 4) is 0 Å². The number of carbonyl (C=O) groups is 1. The molecule has 1 amide bonds. The quantitative estimate of drug-likeness (QED) is 0.598. The van der Waals surface area contributed by atoms with Crippen LogP contribution in [0.3, 0.4) is 0 Å². The Balaban J connectivity index is 2.42. The van der Waals surface area contributed by atoms with Gasteiger partial charge in [0.25, 0.3) is 0 Å². The predicted molar refractivity (Wildman–Crippen MR) is 56.0 cm³/mol. The Morgan fingerprint density at radius 2 is 2.07 bits per heavy atom. The van der Waals surface area contributed by atoms with Crippen LogP contribution >= 0.6 is 0 Å². The van der Waals surface area contributed by atoms with Gasteiger partial charge in [0.1, 0.15) is 5.60 Å². The molecule has 0 aromatic rings. The highest BCUT2D eigenvalue weighted by atomic mass is 16.6. The molecule has 0 saturated carbocycles. The van der Waals surface area contributed by atoms with E-state index in [0.717, 1.165) is 25.9 Å². The van der Waals surface area contributed by atoms with Crippen LogP contribution in [-0.4, -0.2) is 29.7 Å². The zero-order valence-corrected chi connectivity index (χ0v) is 9.38. The van der Waals surface area contributed by atoms with Crippen LogP contribution in [-0.2, 0) is 4.74 Å². The van der Waals surface area contributed by atoms with E-state index in [1.54, 1.807) is 4.90 Å². The third kappa shape index (κ3) is 3.99. The molecule has 0 unspecified atom stereocenters. The summed E-state index contributed by atoms with van der Waals surface area (Å²) >= 11 is 0. The van der Waals surface area contributed by atoms with Crippen molar-refractivity contribution in [2.24, 2.45) is 0 Å². The maximum atomic E-state index is 11.7. The number of amides is 1. The second-order valence-corrected chi connectivity index (χ2v) is 4.71. The van der Waals surface area contributed by atoms with Crippen LogP contribution in [0.1, 0.15) is 40.0 Å². The molecule has 0 spiro atoms. The Bertz CT molecular complexity index is 188. The van der Waals surface area contributed by atoms with Gasteiger partial charge >= 0.3 is 6.09 Å². The van der Waals surface area contributed by atoms with Crippen molar-refractivity contribution < 1.29 is 9.53 Å². The molecule has 1 saturated heterocycles. The number of nitrogens with zero attached hydrogens (tertiary/aromatic N) is 1. The summed E-state index contributed by atoms with van der Waals surface area (Å²) in [4.78, 5) is 13.4. The summed E-state index contributed by atoms with van der Waals surface area (Å²) in [6.45, 7) is 7.24. The summed E-state index contributed by atoms with van der Waals surface area (Å²) in [5, 5.41) is 0. The van der Waals surface area contributed by atoms with Gasteiger partial charge in [-0.15, -0.1) is 0 Å². The molecule has 1 aliphatic heterocycles. The highest BCUT2D eigenvalue weighted by molar-refractivity contribution is 5.68. The Hall–Kier alpha value is -0.730. The van der Waals surface area contributed by atoms with Crippen LogP contribution in [0.15, 0.2) is 0 Å². The third-order valence-corrected chi connectivity index (χ3v) is 2.09. The fourth-order valence-electron chi connectivity index (χ4n) is 1.42. The lowest BCUT2D eigenvalue weighted by Gasteiger charge is -2.26. The molecule has 0 bridgehead atoms. The first-order valence-electron chi connectivity index (χ1n) is 5.28. The number of ether oxygens (including phenoxy) is 1. The van der Waals surface area contributed by atoms with E-state index in [9.17, 15) is 4.79 Å². The molecule has 0 N–H and O–H groups in total. The van der Waals surface area contributed by atoms with Crippen LogP contribution in [0.4, 0.5) is 4.79 Å². The first-order valence-corrected chi connectivity index (χ1v) is 5.28. The van der Waals surface area contributed by atoms with Crippen molar-refractivity contribution in [2.45, 2.75) is 45.6 Å². The number of carbonyl (C=O) groups excluding carboxylic acids is 1. The highest BCUT2D eigenvalue weighted by Crippen LogP contribution is 2.14. The first-order chi connectivity index (χ1) is 6.49. The van der Waals surface area contributed by atoms with E-state index in [1.165, 1.54) is 6.42 Å². The molecule has 3 heteroatoms. The zero-order valence-electron chi connectivity index (χ0n) is 9.38. The van der Waals surface area contributed by atoms with E-state index in [2.05, 4.69) is 6.42 Å². The third-order valence-electron chi connectivity index (χ3n) is 2.09. The van der Waals surface area contributed by atoms with Crippen molar-refractivity contribution in [2.75, 3.05) is 13.1 Å². The van der Waals surface area contributed by atoms with Crippen molar-refractivity contribution in [3.63, 3.8) is 0 Å². The van der Waals surface area contributed by atoms with Gasteiger partial charge in [0.05, 0.1) is 0 Å². The van der Waals surface area contributed by atoms with Crippen molar-refractivity contribution >= 4 is 6.09 Å². The van der Waals surface area contributed by atoms with Gasteiger partial charge in [0.2, 0.25) is 0 Å². The second-order valence-electron chi connectivity index (χ2n) is 4.71. The fourth-order valence-corrected chi connectivity index (χ4v) is 1.42. The van der Waals surface area contributed by atoms with Gasteiger partial charge in [0, 0.05) is 13.1 Å². The van der Waals surface area contributed by atoms with E-state index < -0.39 is 0 Å². The largest absolute Gasteiger partial charge is 0.444 e. The average molecular weight is 198 g/mol. The Labute approximate surface area is 86.4 Å². The Morgan fingerprint density at radius 1 is 1.36 bits per heavy atom. The molecule has 1 heterocycles. The van der Waals surface area contributed by atoms with E-state index in [4.69, 9.17) is 4.74 Å². The normalized spacial score (nSPS) is 18.9. The van der Waals surface area contributed by atoms with E-state index in [1.807, 2.05) is 20.8 Å². The molecule has 1 rings (SSSR count). The lowest BCUT2D eigenvalue weighted by atomic mass is 10.2. The molecule has 0 aromatic heterocycles. The molecule has 1 fully saturated rings. The molecule has 14 heavy (non-hydrogen) atoms. The van der Waals surface area contributed by atoms with Crippen LogP contribution in [0.25, 0.3) is 0 Å². The minimum atomic E-state index is -0.386. The van der Waals surface area contributed by atoms with Crippen LogP contribution in [0, 0.1) is 6.42 Å². The predicted octanol–water partition coefficient (Wildman–Crippen LogP) is 2.61. The lowest BCUT2D eigenvalue weighted by molar-refractivity contribution is 0.0270. The number of hydrogen-bond acceptors (Lipinski definition) is 2. The smallest absolute Gasteiger partial charge is 0.410 e. The van der Waals surface area contributed by atoms with Crippen molar-refractivity contribution in [3.05, 3.63) is 6.42 Å². The van der Waals surface area contributed by atoms with Gasteiger partial charge in [-0.1, -0.05) is 6.42 Å². The monoisotopic (exact) mass is 198 g/mol. The van der Waals surface area contributed by atoms with Crippen molar-refractivity contribution in [1.29, 1.82) is 0 Å². The summed E-state index contributed by atoms with van der Waals surface area (Å²) in [5.74, 6) is 0.